The Kier molecular flexibility index (Phi) is 3.71. The average Bonchev–Trinajstić information content (AvgIpc) is 2.94. The number of aromatic amines is 1. The first kappa shape index (κ1) is 13.4. The molecule has 0 saturated heterocycles. The molecule has 1 heterocycles. The van der Waals surface area contributed by atoms with Gasteiger partial charge in [-0.15, -0.1) is 0 Å². The van der Waals surface area contributed by atoms with E-state index in [1.54, 1.807) is 24.4 Å². The van der Waals surface area contributed by atoms with E-state index in [1.807, 2.05) is 30.3 Å². The summed E-state index contributed by atoms with van der Waals surface area (Å²) in [7, 11) is 0. The number of aromatic nitrogens is 2. The highest BCUT2D eigenvalue weighted by Crippen LogP contribution is 2.16. The Bertz CT molecular complexity index is 806. The van der Waals surface area contributed by atoms with Gasteiger partial charge >= 0.3 is 0 Å². The number of nitrogens with one attached hydrogen (secondary N) is 2. The monoisotopic (exact) mass is 297 g/mol. The van der Waals surface area contributed by atoms with Crippen molar-refractivity contribution in [2.24, 2.45) is 0 Å². The number of hydrogen-bond acceptors (Lipinski definition) is 2. The Morgan fingerprint density at radius 2 is 2.00 bits per heavy atom. The second-order valence-corrected chi connectivity index (χ2v) is 4.98. The zero-order valence-corrected chi connectivity index (χ0v) is 11.8. The molecule has 0 saturated carbocycles. The highest BCUT2D eigenvalue weighted by Gasteiger charge is 2.01. The highest BCUT2D eigenvalue weighted by molar-refractivity contribution is 6.30. The van der Waals surface area contributed by atoms with Crippen LogP contribution in [0, 0.1) is 0 Å². The van der Waals surface area contributed by atoms with Crippen molar-refractivity contribution < 1.29 is 4.79 Å². The van der Waals surface area contributed by atoms with E-state index in [0.29, 0.717) is 5.02 Å². The Hall–Kier alpha value is -2.59. The fourth-order valence-corrected chi connectivity index (χ4v) is 2.07. The van der Waals surface area contributed by atoms with Crippen LogP contribution >= 0.6 is 11.6 Å². The number of amides is 1. The lowest BCUT2D eigenvalue weighted by Crippen LogP contribution is -2.07. The molecule has 5 heteroatoms. The van der Waals surface area contributed by atoms with Crippen molar-refractivity contribution in [3.05, 3.63) is 65.3 Å². The third-order valence-electron chi connectivity index (χ3n) is 3.01. The largest absolute Gasteiger partial charge is 0.322 e. The molecule has 104 valence electrons. The molecule has 0 unspecified atom stereocenters. The summed E-state index contributed by atoms with van der Waals surface area (Å²) in [5.41, 5.74) is 2.52. The maximum absolute atomic E-state index is 11.9. The van der Waals surface area contributed by atoms with Crippen LogP contribution < -0.4 is 5.32 Å². The standard InChI is InChI=1S/C16H12ClN3O/c17-13-5-1-11(2-6-13)3-8-16(21)19-14-7-4-12-10-18-20-15(12)9-14/h1-10H,(H,18,20)(H,19,21)/b8-3+. The molecule has 1 aromatic heterocycles. The molecule has 3 aromatic rings. The highest BCUT2D eigenvalue weighted by atomic mass is 35.5. The Morgan fingerprint density at radius 3 is 2.81 bits per heavy atom. The van der Waals surface area contributed by atoms with Gasteiger partial charge in [0.1, 0.15) is 0 Å². The van der Waals surface area contributed by atoms with Gasteiger partial charge in [0.2, 0.25) is 5.91 Å². The van der Waals surface area contributed by atoms with Gasteiger partial charge in [-0.3, -0.25) is 9.89 Å². The van der Waals surface area contributed by atoms with Gasteiger partial charge in [0, 0.05) is 22.2 Å². The van der Waals surface area contributed by atoms with Crippen LogP contribution in [0.2, 0.25) is 5.02 Å². The van der Waals surface area contributed by atoms with E-state index in [0.717, 1.165) is 22.2 Å². The normalized spacial score (nSPS) is 11.1. The number of hydrogen-bond donors (Lipinski definition) is 2. The Labute approximate surface area is 126 Å². The number of benzene rings is 2. The average molecular weight is 298 g/mol. The summed E-state index contributed by atoms with van der Waals surface area (Å²) in [6, 6.07) is 12.8. The minimum atomic E-state index is -0.191. The first-order chi connectivity index (χ1) is 10.2. The lowest BCUT2D eigenvalue weighted by Gasteiger charge is -2.01. The number of H-pyrrole nitrogens is 1. The van der Waals surface area contributed by atoms with Gasteiger partial charge in [0.15, 0.2) is 0 Å². The second-order valence-electron chi connectivity index (χ2n) is 4.55. The fourth-order valence-electron chi connectivity index (χ4n) is 1.94. The van der Waals surface area contributed by atoms with E-state index in [-0.39, 0.29) is 5.91 Å². The van der Waals surface area contributed by atoms with Gasteiger partial charge in [-0.05, 0) is 42.0 Å². The van der Waals surface area contributed by atoms with Crippen LogP contribution in [0.3, 0.4) is 0 Å². The van der Waals surface area contributed by atoms with Crippen molar-refractivity contribution in [1.82, 2.24) is 10.2 Å². The molecule has 2 N–H and O–H groups in total. The molecular weight excluding hydrogens is 286 g/mol. The maximum atomic E-state index is 11.9. The van der Waals surface area contributed by atoms with Gasteiger partial charge in [-0.25, -0.2) is 0 Å². The number of carbonyl (C=O) groups is 1. The summed E-state index contributed by atoms with van der Waals surface area (Å²) < 4.78 is 0. The van der Waals surface area contributed by atoms with Crippen LogP contribution in [0.15, 0.2) is 54.7 Å². The number of halogens is 1. The summed E-state index contributed by atoms with van der Waals surface area (Å²) in [6.07, 6.45) is 4.96. The summed E-state index contributed by atoms with van der Waals surface area (Å²) in [6.45, 7) is 0. The number of fused-ring (bicyclic) bond motifs is 1. The lowest BCUT2D eigenvalue weighted by molar-refractivity contribution is -0.111. The van der Waals surface area contributed by atoms with Crippen molar-refractivity contribution >= 4 is 40.2 Å². The van der Waals surface area contributed by atoms with E-state index in [9.17, 15) is 4.79 Å². The quantitative estimate of drug-likeness (QED) is 0.721. The van der Waals surface area contributed by atoms with Crippen molar-refractivity contribution in [1.29, 1.82) is 0 Å². The summed E-state index contributed by atoms with van der Waals surface area (Å²) in [5.74, 6) is -0.191. The molecule has 0 fully saturated rings. The lowest BCUT2D eigenvalue weighted by atomic mass is 10.2. The van der Waals surface area contributed by atoms with Crippen LogP contribution in [0.5, 0.6) is 0 Å². The molecular formula is C16H12ClN3O. The number of rotatable bonds is 3. The van der Waals surface area contributed by atoms with Crippen molar-refractivity contribution in [3.63, 3.8) is 0 Å². The smallest absolute Gasteiger partial charge is 0.248 e. The summed E-state index contributed by atoms with van der Waals surface area (Å²) in [5, 5.41) is 11.3. The molecule has 0 aliphatic rings. The van der Waals surface area contributed by atoms with E-state index < -0.39 is 0 Å². The van der Waals surface area contributed by atoms with Crippen LogP contribution in [0.1, 0.15) is 5.56 Å². The first-order valence-electron chi connectivity index (χ1n) is 6.38. The van der Waals surface area contributed by atoms with Crippen LogP contribution in [0.4, 0.5) is 5.69 Å². The molecule has 0 radical (unpaired) electrons. The Balaban J connectivity index is 1.69. The summed E-state index contributed by atoms with van der Waals surface area (Å²) >= 11 is 5.81. The number of anilines is 1. The zero-order chi connectivity index (χ0) is 14.7. The van der Waals surface area contributed by atoms with Gasteiger partial charge in [-0.2, -0.15) is 5.10 Å². The SMILES string of the molecule is O=C(/C=C/c1ccc(Cl)cc1)Nc1ccc2cn[nH]c2c1. The second kappa shape index (κ2) is 5.81. The molecule has 2 aromatic carbocycles. The van der Waals surface area contributed by atoms with Crippen LogP contribution in [-0.2, 0) is 4.79 Å². The van der Waals surface area contributed by atoms with E-state index in [4.69, 9.17) is 11.6 Å². The minimum absolute atomic E-state index is 0.191. The molecule has 0 bridgehead atoms. The van der Waals surface area contributed by atoms with Crippen LogP contribution in [-0.4, -0.2) is 16.1 Å². The maximum Gasteiger partial charge on any atom is 0.248 e. The zero-order valence-electron chi connectivity index (χ0n) is 11.0. The molecule has 4 nitrogen and oxygen atoms in total. The Morgan fingerprint density at radius 1 is 1.19 bits per heavy atom. The number of carbonyl (C=O) groups excluding carboxylic acids is 1. The summed E-state index contributed by atoms with van der Waals surface area (Å²) in [4.78, 5) is 11.9. The van der Waals surface area contributed by atoms with Gasteiger partial charge < -0.3 is 5.32 Å². The van der Waals surface area contributed by atoms with E-state index in [1.165, 1.54) is 6.08 Å². The first-order valence-corrected chi connectivity index (χ1v) is 6.76. The topological polar surface area (TPSA) is 57.8 Å². The molecule has 1 amide bonds. The van der Waals surface area contributed by atoms with Crippen LogP contribution in [0.25, 0.3) is 17.0 Å². The molecule has 0 spiro atoms. The fraction of sp³-hybridized carbons (Fsp3) is 0. The van der Waals surface area contributed by atoms with E-state index >= 15 is 0 Å². The van der Waals surface area contributed by atoms with Gasteiger partial charge in [0.05, 0.1) is 11.7 Å². The third-order valence-corrected chi connectivity index (χ3v) is 3.26. The van der Waals surface area contributed by atoms with Crippen molar-refractivity contribution in [3.8, 4) is 0 Å². The van der Waals surface area contributed by atoms with Crippen molar-refractivity contribution in [2.75, 3.05) is 5.32 Å². The van der Waals surface area contributed by atoms with Gasteiger partial charge in [-0.1, -0.05) is 23.7 Å². The predicted molar refractivity (Wildman–Crippen MR) is 85.2 cm³/mol. The number of nitrogens with zero attached hydrogens (tertiary/aromatic N) is 1. The molecule has 21 heavy (non-hydrogen) atoms. The van der Waals surface area contributed by atoms with Gasteiger partial charge in [0.25, 0.3) is 0 Å². The van der Waals surface area contributed by atoms with E-state index in [2.05, 4.69) is 15.5 Å². The predicted octanol–water partition coefficient (Wildman–Crippen LogP) is 3.87. The molecule has 0 aliphatic carbocycles. The minimum Gasteiger partial charge on any atom is -0.322 e. The molecule has 0 atom stereocenters. The third kappa shape index (κ3) is 3.30. The molecule has 0 aliphatic heterocycles. The van der Waals surface area contributed by atoms with Crippen molar-refractivity contribution in [2.45, 2.75) is 0 Å². The molecule has 3 rings (SSSR count).